The minimum atomic E-state index is 0. The van der Waals surface area contributed by atoms with Gasteiger partial charge in [-0.1, -0.05) is 37.3 Å². The first-order valence-corrected chi connectivity index (χ1v) is 8.78. The molecule has 2 unspecified atom stereocenters. The molecule has 1 N–H and O–H groups in total. The maximum Gasteiger partial charge on any atom is 0.193 e. The highest BCUT2D eigenvalue weighted by Gasteiger charge is 2.28. The van der Waals surface area contributed by atoms with Crippen LogP contribution < -0.4 is 5.32 Å². The van der Waals surface area contributed by atoms with Crippen LogP contribution in [0.4, 0.5) is 0 Å². The number of halogens is 1. The molecular weight excluding hydrogens is 423 g/mol. The molecule has 2 aromatic rings. The summed E-state index contributed by atoms with van der Waals surface area (Å²) in [5.41, 5.74) is 2.75. The first kappa shape index (κ1) is 19.8. The van der Waals surface area contributed by atoms with Crippen LogP contribution in [0, 0.1) is 5.92 Å². The molecule has 0 bridgehead atoms. The van der Waals surface area contributed by atoms with Crippen LogP contribution in [0.2, 0.25) is 0 Å². The van der Waals surface area contributed by atoms with Gasteiger partial charge in [-0.25, -0.2) is 0 Å². The Morgan fingerprint density at radius 1 is 1.24 bits per heavy atom. The normalized spacial score (nSPS) is 20.9. The number of benzene rings is 1. The number of aliphatic imine (C=N–C) groups is 1. The van der Waals surface area contributed by atoms with Gasteiger partial charge in [0, 0.05) is 46.1 Å². The Morgan fingerprint density at radius 3 is 2.60 bits per heavy atom. The molecule has 136 valence electrons. The van der Waals surface area contributed by atoms with E-state index in [9.17, 15) is 0 Å². The van der Waals surface area contributed by atoms with Crippen molar-refractivity contribution in [3.63, 3.8) is 0 Å². The van der Waals surface area contributed by atoms with Gasteiger partial charge in [-0.15, -0.1) is 24.0 Å². The summed E-state index contributed by atoms with van der Waals surface area (Å²) in [6, 6.07) is 13.1. The summed E-state index contributed by atoms with van der Waals surface area (Å²) >= 11 is 0. The van der Waals surface area contributed by atoms with E-state index >= 15 is 0 Å². The number of piperidine rings is 1. The van der Waals surface area contributed by atoms with Crippen LogP contribution in [0.5, 0.6) is 0 Å². The second kappa shape index (κ2) is 9.27. The van der Waals surface area contributed by atoms with Gasteiger partial charge in [-0.2, -0.15) is 0 Å². The molecule has 0 amide bonds. The SMILES string of the molecule is CN=C(NCc1ccn(C)c1)N1CCC(c2ccccc2)C(C)C1.I. The van der Waals surface area contributed by atoms with E-state index in [4.69, 9.17) is 0 Å². The molecule has 1 aliphatic heterocycles. The van der Waals surface area contributed by atoms with E-state index < -0.39 is 0 Å². The number of rotatable bonds is 3. The highest BCUT2D eigenvalue weighted by atomic mass is 127. The summed E-state index contributed by atoms with van der Waals surface area (Å²) in [5, 5.41) is 3.51. The van der Waals surface area contributed by atoms with Gasteiger partial charge in [0.2, 0.25) is 0 Å². The smallest absolute Gasteiger partial charge is 0.193 e. The van der Waals surface area contributed by atoms with Crippen LogP contribution in [0.1, 0.15) is 30.4 Å². The molecule has 1 fully saturated rings. The van der Waals surface area contributed by atoms with E-state index in [1.807, 2.05) is 14.1 Å². The zero-order chi connectivity index (χ0) is 16.9. The largest absolute Gasteiger partial charge is 0.357 e. The van der Waals surface area contributed by atoms with Gasteiger partial charge in [0.15, 0.2) is 5.96 Å². The van der Waals surface area contributed by atoms with Gasteiger partial charge in [-0.05, 0) is 35.4 Å². The second-order valence-corrected chi connectivity index (χ2v) is 6.82. The van der Waals surface area contributed by atoms with E-state index in [2.05, 4.69) is 75.5 Å². The zero-order valence-electron chi connectivity index (χ0n) is 15.4. The number of hydrogen-bond donors (Lipinski definition) is 1. The van der Waals surface area contributed by atoms with E-state index in [-0.39, 0.29) is 24.0 Å². The molecule has 1 aliphatic rings. The van der Waals surface area contributed by atoms with Crippen LogP contribution >= 0.6 is 24.0 Å². The average molecular weight is 452 g/mol. The average Bonchev–Trinajstić information content (AvgIpc) is 3.02. The van der Waals surface area contributed by atoms with Gasteiger partial charge >= 0.3 is 0 Å². The zero-order valence-corrected chi connectivity index (χ0v) is 17.7. The summed E-state index contributed by atoms with van der Waals surface area (Å²) in [5.74, 6) is 2.28. The number of nitrogens with one attached hydrogen (secondary N) is 1. The predicted octanol–water partition coefficient (Wildman–Crippen LogP) is 3.84. The van der Waals surface area contributed by atoms with Crippen LogP contribution in [0.3, 0.4) is 0 Å². The minimum absolute atomic E-state index is 0. The van der Waals surface area contributed by atoms with Crippen molar-refractivity contribution in [2.45, 2.75) is 25.8 Å². The van der Waals surface area contributed by atoms with E-state index in [1.165, 1.54) is 17.5 Å². The monoisotopic (exact) mass is 452 g/mol. The first-order chi connectivity index (χ1) is 11.7. The minimum Gasteiger partial charge on any atom is -0.357 e. The Bertz CT molecular complexity index is 680. The van der Waals surface area contributed by atoms with Gasteiger partial charge < -0.3 is 14.8 Å². The van der Waals surface area contributed by atoms with Gasteiger partial charge in [-0.3, -0.25) is 4.99 Å². The molecule has 2 heterocycles. The number of nitrogens with zero attached hydrogens (tertiary/aromatic N) is 3. The molecule has 2 atom stereocenters. The molecule has 1 saturated heterocycles. The van der Waals surface area contributed by atoms with Gasteiger partial charge in [0.1, 0.15) is 0 Å². The van der Waals surface area contributed by atoms with E-state index in [0.29, 0.717) is 11.8 Å². The van der Waals surface area contributed by atoms with Crippen molar-refractivity contribution >= 4 is 29.9 Å². The fourth-order valence-electron chi connectivity index (χ4n) is 3.71. The summed E-state index contributed by atoms with van der Waals surface area (Å²) < 4.78 is 2.08. The molecule has 4 nitrogen and oxygen atoms in total. The molecular formula is C20H29IN4. The maximum absolute atomic E-state index is 4.49. The lowest BCUT2D eigenvalue weighted by molar-refractivity contribution is 0.234. The fourth-order valence-corrected chi connectivity index (χ4v) is 3.71. The summed E-state index contributed by atoms with van der Waals surface area (Å²) in [6.45, 7) is 5.28. The van der Waals surface area contributed by atoms with Crippen molar-refractivity contribution < 1.29 is 0 Å². The third-order valence-corrected chi connectivity index (χ3v) is 4.99. The van der Waals surface area contributed by atoms with Crippen molar-refractivity contribution in [1.82, 2.24) is 14.8 Å². The Balaban J connectivity index is 0.00000225. The molecule has 1 aromatic heterocycles. The van der Waals surface area contributed by atoms with Crippen molar-refractivity contribution in [3.8, 4) is 0 Å². The lowest BCUT2D eigenvalue weighted by Gasteiger charge is -2.38. The topological polar surface area (TPSA) is 32.6 Å². The number of aromatic nitrogens is 1. The fraction of sp³-hybridized carbons (Fsp3) is 0.450. The van der Waals surface area contributed by atoms with Crippen molar-refractivity contribution in [2.75, 3.05) is 20.1 Å². The number of guanidine groups is 1. The second-order valence-electron chi connectivity index (χ2n) is 6.82. The Labute approximate surface area is 168 Å². The molecule has 0 radical (unpaired) electrons. The standard InChI is InChI=1S/C20H28N4.HI/c1-16-14-24(12-10-19(16)18-7-5-4-6-8-18)20(21-2)22-13-17-9-11-23(3)15-17;/h4-9,11,15-16,19H,10,12-14H2,1-3H3,(H,21,22);1H. The van der Waals surface area contributed by atoms with E-state index in [1.54, 1.807) is 0 Å². The molecule has 3 rings (SSSR count). The van der Waals surface area contributed by atoms with Crippen molar-refractivity contribution in [2.24, 2.45) is 18.0 Å². The Hall–Kier alpha value is -1.50. The molecule has 1 aromatic carbocycles. The quantitative estimate of drug-likeness (QED) is 0.436. The predicted molar refractivity (Wildman–Crippen MR) is 116 cm³/mol. The first-order valence-electron chi connectivity index (χ1n) is 8.78. The number of aryl methyl sites for hydroxylation is 1. The van der Waals surface area contributed by atoms with Crippen molar-refractivity contribution in [3.05, 3.63) is 59.9 Å². The highest BCUT2D eigenvalue weighted by molar-refractivity contribution is 14.0. The maximum atomic E-state index is 4.49. The van der Waals surface area contributed by atoms with Gasteiger partial charge in [0.05, 0.1) is 0 Å². The van der Waals surface area contributed by atoms with Crippen molar-refractivity contribution in [1.29, 1.82) is 0 Å². The summed E-state index contributed by atoms with van der Waals surface area (Å²) in [7, 11) is 3.93. The molecule has 0 spiro atoms. The lowest BCUT2D eigenvalue weighted by atomic mass is 9.82. The highest BCUT2D eigenvalue weighted by Crippen LogP contribution is 2.32. The molecule has 0 aliphatic carbocycles. The molecule has 5 heteroatoms. The number of hydrogen-bond acceptors (Lipinski definition) is 1. The Morgan fingerprint density at radius 2 is 2.00 bits per heavy atom. The van der Waals surface area contributed by atoms with Crippen LogP contribution in [0.25, 0.3) is 0 Å². The molecule has 0 saturated carbocycles. The van der Waals surface area contributed by atoms with E-state index in [0.717, 1.165) is 25.6 Å². The van der Waals surface area contributed by atoms with Crippen LogP contribution in [0.15, 0.2) is 53.8 Å². The summed E-state index contributed by atoms with van der Waals surface area (Å²) in [6.07, 6.45) is 5.40. The number of likely N-dealkylation sites (tertiary alicyclic amines) is 1. The lowest BCUT2D eigenvalue weighted by Crippen LogP contribution is -2.47. The summed E-state index contributed by atoms with van der Waals surface area (Å²) in [4.78, 5) is 6.89. The third kappa shape index (κ3) is 5.00. The van der Waals surface area contributed by atoms with Gasteiger partial charge in [0.25, 0.3) is 0 Å². The molecule has 25 heavy (non-hydrogen) atoms. The Kier molecular flexibility index (Phi) is 7.35. The third-order valence-electron chi connectivity index (χ3n) is 4.99. The van der Waals surface area contributed by atoms with Crippen LogP contribution in [-0.2, 0) is 13.6 Å². The van der Waals surface area contributed by atoms with Crippen LogP contribution in [-0.4, -0.2) is 35.6 Å².